The van der Waals surface area contributed by atoms with E-state index in [-0.39, 0.29) is 27.7 Å². The minimum absolute atomic E-state index is 0.0488. The Morgan fingerprint density at radius 2 is 2.11 bits per heavy atom. The van der Waals surface area contributed by atoms with Gasteiger partial charge in [0.25, 0.3) is 15.9 Å². The monoisotopic (exact) mass is 440 g/mol. The Kier molecular flexibility index (Phi) is 4.60. The maximum absolute atomic E-state index is 12.6. The number of nitrogens with zero attached hydrogens (tertiary/aromatic N) is 3. The molecule has 1 aromatic carbocycles. The van der Waals surface area contributed by atoms with E-state index < -0.39 is 15.9 Å². The molecular weight excluding hydrogens is 428 g/mol. The number of thioether (sulfide) groups is 1. The minimum atomic E-state index is -4.14. The first-order chi connectivity index (χ1) is 13.2. The summed E-state index contributed by atoms with van der Waals surface area (Å²) in [6.07, 6.45) is 1.61. The van der Waals surface area contributed by atoms with Crippen LogP contribution in [0.25, 0.3) is 6.08 Å². The molecular formula is C16H13ClN4O5S2. The van der Waals surface area contributed by atoms with E-state index in [2.05, 4.69) is 14.8 Å². The van der Waals surface area contributed by atoms with Gasteiger partial charge in [-0.2, -0.15) is 13.5 Å². The van der Waals surface area contributed by atoms with Crippen LogP contribution >= 0.6 is 23.4 Å². The summed E-state index contributed by atoms with van der Waals surface area (Å²) in [6, 6.07) is 5.23. The number of aryl methyl sites for hydroxylation is 2. The third kappa shape index (κ3) is 3.36. The molecule has 0 aliphatic carbocycles. The quantitative estimate of drug-likeness (QED) is 0.727. The fourth-order valence-electron chi connectivity index (χ4n) is 2.68. The van der Waals surface area contributed by atoms with Crippen LogP contribution < -0.4 is 14.8 Å². The van der Waals surface area contributed by atoms with Crippen LogP contribution in [0.3, 0.4) is 0 Å². The van der Waals surface area contributed by atoms with Crippen molar-refractivity contribution in [3.8, 4) is 11.5 Å². The molecule has 0 spiro atoms. The van der Waals surface area contributed by atoms with E-state index in [0.717, 1.165) is 11.8 Å². The largest absolute Gasteiger partial charge is 0.454 e. The van der Waals surface area contributed by atoms with Crippen LogP contribution in [-0.2, 0) is 21.9 Å². The molecule has 0 bridgehead atoms. The summed E-state index contributed by atoms with van der Waals surface area (Å²) >= 11 is 6.94. The van der Waals surface area contributed by atoms with Crippen molar-refractivity contribution in [1.29, 1.82) is 0 Å². The Bertz CT molecular complexity index is 1170. The zero-order chi connectivity index (χ0) is 20.1. The molecule has 1 fully saturated rings. The SMILES string of the molecule is Cc1nn(C)c(Cl)c1S(=O)(=O)N=C1NC(=O)C(=Cc2ccc3c(c2)OCO3)S1. The lowest BCUT2D eigenvalue weighted by molar-refractivity contribution is -0.115. The van der Waals surface area contributed by atoms with Crippen molar-refractivity contribution in [1.82, 2.24) is 15.1 Å². The van der Waals surface area contributed by atoms with Gasteiger partial charge in [0.2, 0.25) is 6.79 Å². The van der Waals surface area contributed by atoms with Gasteiger partial charge in [0, 0.05) is 7.05 Å². The number of amidine groups is 1. The molecule has 4 rings (SSSR count). The van der Waals surface area contributed by atoms with Crippen LogP contribution in [0.15, 0.2) is 32.4 Å². The molecule has 0 radical (unpaired) electrons. The second-order valence-corrected chi connectivity index (χ2v) is 8.81. The maximum Gasteiger partial charge on any atom is 0.289 e. The number of halogens is 1. The zero-order valence-corrected chi connectivity index (χ0v) is 17.0. The summed E-state index contributed by atoms with van der Waals surface area (Å²) in [5.41, 5.74) is 0.930. The fourth-order valence-corrected chi connectivity index (χ4v) is 5.40. The lowest BCUT2D eigenvalue weighted by Gasteiger charge is -1.99. The van der Waals surface area contributed by atoms with Crippen molar-refractivity contribution in [3.63, 3.8) is 0 Å². The van der Waals surface area contributed by atoms with Gasteiger partial charge in [-0.25, -0.2) is 0 Å². The van der Waals surface area contributed by atoms with Crippen LogP contribution in [0.1, 0.15) is 11.3 Å². The lowest BCUT2D eigenvalue weighted by atomic mass is 10.2. The molecule has 0 atom stereocenters. The van der Waals surface area contributed by atoms with Crippen molar-refractivity contribution in [3.05, 3.63) is 39.5 Å². The number of amides is 1. The average molecular weight is 441 g/mol. The third-order valence-electron chi connectivity index (χ3n) is 3.91. The van der Waals surface area contributed by atoms with Crippen molar-refractivity contribution in [2.24, 2.45) is 11.4 Å². The van der Waals surface area contributed by atoms with Crippen LogP contribution in [-0.4, -0.2) is 36.1 Å². The smallest absolute Gasteiger partial charge is 0.289 e. The number of carbonyl (C=O) groups is 1. The first kappa shape index (κ1) is 18.8. The number of aromatic nitrogens is 2. The molecule has 1 saturated heterocycles. The molecule has 2 aliphatic heterocycles. The van der Waals surface area contributed by atoms with Crippen molar-refractivity contribution in [2.45, 2.75) is 11.8 Å². The summed E-state index contributed by atoms with van der Waals surface area (Å²) in [5, 5.41) is 6.32. The van der Waals surface area contributed by atoms with Crippen LogP contribution in [0.5, 0.6) is 11.5 Å². The molecule has 12 heteroatoms. The van der Waals surface area contributed by atoms with Crippen molar-refractivity contribution >= 4 is 50.5 Å². The second-order valence-electron chi connectivity index (χ2n) is 5.88. The van der Waals surface area contributed by atoms with Crippen molar-refractivity contribution < 1.29 is 22.7 Å². The van der Waals surface area contributed by atoms with Gasteiger partial charge in [-0.1, -0.05) is 17.7 Å². The third-order valence-corrected chi connectivity index (χ3v) is 6.91. The summed E-state index contributed by atoms with van der Waals surface area (Å²) in [7, 11) is -2.61. The van der Waals surface area contributed by atoms with Gasteiger partial charge in [-0.15, -0.1) is 4.40 Å². The van der Waals surface area contributed by atoms with E-state index in [1.54, 1.807) is 24.3 Å². The highest BCUT2D eigenvalue weighted by Gasteiger charge is 2.30. The number of hydrogen-bond donors (Lipinski definition) is 1. The molecule has 0 saturated carbocycles. The van der Waals surface area contributed by atoms with Gasteiger partial charge in [0.05, 0.1) is 10.6 Å². The summed E-state index contributed by atoms with van der Waals surface area (Å²) in [4.78, 5) is 12.3. The molecule has 9 nitrogen and oxygen atoms in total. The number of fused-ring (bicyclic) bond motifs is 1. The first-order valence-electron chi connectivity index (χ1n) is 7.89. The Labute approximate surface area is 169 Å². The van der Waals surface area contributed by atoms with Gasteiger partial charge >= 0.3 is 0 Å². The molecule has 1 amide bonds. The topological polar surface area (TPSA) is 112 Å². The van der Waals surface area contributed by atoms with E-state index in [0.29, 0.717) is 22.0 Å². The Hall–Kier alpha value is -2.50. The predicted octanol–water partition coefficient (Wildman–Crippen LogP) is 2.06. The Morgan fingerprint density at radius 1 is 1.36 bits per heavy atom. The summed E-state index contributed by atoms with van der Waals surface area (Å²) < 4.78 is 40.7. The van der Waals surface area contributed by atoms with Gasteiger partial charge in [0.1, 0.15) is 10.0 Å². The Balaban J connectivity index is 1.62. The second kappa shape index (κ2) is 6.83. The molecule has 1 N–H and O–H groups in total. The highest BCUT2D eigenvalue weighted by Crippen LogP contribution is 2.35. The predicted molar refractivity (Wildman–Crippen MR) is 104 cm³/mol. The minimum Gasteiger partial charge on any atom is -0.454 e. The van der Waals surface area contributed by atoms with E-state index in [9.17, 15) is 13.2 Å². The fraction of sp³-hybridized carbons (Fsp3) is 0.188. The number of hydrogen-bond acceptors (Lipinski definition) is 7. The molecule has 28 heavy (non-hydrogen) atoms. The summed E-state index contributed by atoms with van der Waals surface area (Å²) in [5.74, 6) is 0.754. The highest BCUT2D eigenvalue weighted by atomic mass is 35.5. The van der Waals surface area contributed by atoms with E-state index >= 15 is 0 Å². The molecule has 2 aromatic rings. The number of benzene rings is 1. The van der Waals surface area contributed by atoms with Gasteiger partial charge in [-0.05, 0) is 42.5 Å². The molecule has 0 unspecified atom stereocenters. The maximum atomic E-state index is 12.6. The van der Waals surface area contributed by atoms with E-state index in [4.69, 9.17) is 21.1 Å². The van der Waals surface area contributed by atoms with Gasteiger partial charge in [-0.3, -0.25) is 14.8 Å². The number of nitrogens with one attached hydrogen (secondary N) is 1. The standard InChI is InChI=1S/C16H13ClN4O5S2/c1-8-13(14(17)21(2)19-8)28(23,24)20-16-18-15(22)12(27-16)6-9-3-4-10-11(5-9)26-7-25-10/h3-6H,7H2,1-2H3,(H,18,20,22). The van der Waals surface area contributed by atoms with Crippen LogP contribution in [0.4, 0.5) is 0 Å². The number of ether oxygens (including phenoxy) is 2. The number of rotatable bonds is 3. The molecule has 1 aromatic heterocycles. The first-order valence-corrected chi connectivity index (χ1v) is 10.5. The Morgan fingerprint density at radius 3 is 2.82 bits per heavy atom. The normalized spacial score (nSPS) is 18.9. The van der Waals surface area contributed by atoms with Gasteiger partial charge < -0.3 is 9.47 Å². The molecule has 2 aliphatic rings. The lowest BCUT2D eigenvalue weighted by Crippen LogP contribution is -2.21. The highest BCUT2D eigenvalue weighted by molar-refractivity contribution is 8.19. The van der Waals surface area contributed by atoms with Gasteiger partial charge in [0.15, 0.2) is 16.7 Å². The number of carbonyl (C=O) groups excluding carboxylic acids is 1. The van der Waals surface area contributed by atoms with E-state index in [1.165, 1.54) is 18.7 Å². The zero-order valence-electron chi connectivity index (χ0n) is 14.6. The van der Waals surface area contributed by atoms with Crippen molar-refractivity contribution in [2.75, 3.05) is 6.79 Å². The van der Waals surface area contributed by atoms with Crippen LogP contribution in [0.2, 0.25) is 5.15 Å². The van der Waals surface area contributed by atoms with E-state index in [1.807, 2.05) is 0 Å². The summed E-state index contributed by atoms with van der Waals surface area (Å²) in [6.45, 7) is 1.67. The molecule has 146 valence electrons. The number of sulfonamides is 1. The van der Waals surface area contributed by atoms with Crippen LogP contribution in [0, 0.1) is 6.92 Å². The average Bonchev–Trinajstić information content (AvgIpc) is 3.26. The molecule has 3 heterocycles.